The first-order valence-electron chi connectivity index (χ1n) is 8.47. The summed E-state index contributed by atoms with van der Waals surface area (Å²) in [5.74, 6) is 0. The zero-order chi connectivity index (χ0) is 14.5. The largest absolute Gasteiger partial charge is 0.308 e. The van der Waals surface area contributed by atoms with Crippen molar-refractivity contribution in [2.45, 2.75) is 84.1 Å². The highest BCUT2D eigenvalue weighted by molar-refractivity contribution is 7.09. The van der Waals surface area contributed by atoms with E-state index in [2.05, 4.69) is 24.1 Å². The highest BCUT2D eigenvalue weighted by Crippen LogP contribution is 2.15. The molecule has 1 aromatic rings. The summed E-state index contributed by atoms with van der Waals surface area (Å²) in [6.07, 6.45) is 15.9. The van der Waals surface area contributed by atoms with E-state index in [1.165, 1.54) is 69.2 Å². The van der Waals surface area contributed by atoms with E-state index in [-0.39, 0.29) is 0 Å². The van der Waals surface area contributed by atoms with Crippen LogP contribution in [0.4, 0.5) is 0 Å². The second-order valence-corrected chi connectivity index (χ2v) is 6.65. The summed E-state index contributed by atoms with van der Waals surface area (Å²) in [4.78, 5) is 4.34. The summed E-state index contributed by atoms with van der Waals surface area (Å²) in [6.45, 7) is 5.61. The molecule has 3 heteroatoms. The molecule has 0 aromatic carbocycles. The van der Waals surface area contributed by atoms with Crippen LogP contribution in [0.15, 0.2) is 11.6 Å². The van der Waals surface area contributed by atoms with Crippen LogP contribution < -0.4 is 5.32 Å². The maximum Gasteiger partial charge on any atom is 0.109 e. The minimum absolute atomic E-state index is 0.411. The van der Waals surface area contributed by atoms with Crippen molar-refractivity contribution in [2.24, 2.45) is 0 Å². The zero-order valence-corrected chi connectivity index (χ0v) is 14.2. The molecule has 0 spiro atoms. The topological polar surface area (TPSA) is 24.9 Å². The van der Waals surface area contributed by atoms with Crippen molar-refractivity contribution in [1.29, 1.82) is 0 Å². The molecule has 1 heterocycles. The van der Waals surface area contributed by atoms with Crippen molar-refractivity contribution in [2.75, 3.05) is 6.54 Å². The minimum atomic E-state index is 0.411. The molecular weight excluding hydrogens is 264 g/mol. The Balaban J connectivity index is 1.81. The summed E-state index contributed by atoms with van der Waals surface area (Å²) in [5.41, 5.74) is 0. The minimum Gasteiger partial charge on any atom is -0.308 e. The average Bonchev–Trinajstić information content (AvgIpc) is 2.99. The number of hydrogen-bond donors (Lipinski definition) is 1. The van der Waals surface area contributed by atoms with Crippen LogP contribution in [0.5, 0.6) is 0 Å². The molecule has 0 saturated carbocycles. The second kappa shape index (κ2) is 12.3. The van der Waals surface area contributed by atoms with Crippen LogP contribution >= 0.6 is 11.3 Å². The third-order valence-corrected chi connectivity index (χ3v) is 4.76. The first-order valence-corrected chi connectivity index (χ1v) is 9.35. The molecule has 0 saturated heterocycles. The third-order valence-electron chi connectivity index (χ3n) is 3.80. The van der Waals surface area contributed by atoms with Crippen molar-refractivity contribution in [3.63, 3.8) is 0 Å². The van der Waals surface area contributed by atoms with E-state index in [1.54, 1.807) is 11.3 Å². The number of thiazole rings is 1. The lowest BCUT2D eigenvalue weighted by Gasteiger charge is -2.10. The Morgan fingerprint density at radius 1 is 1.00 bits per heavy atom. The number of aromatic nitrogens is 1. The fraction of sp³-hybridized carbons (Fsp3) is 0.824. The van der Waals surface area contributed by atoms with Gasteiger partial charge in [-0.3, -0.25) is 0 Å². The van der Waals surface area contributed by atoms with Gasteiger partial charge in [0.25, 0.3) is 0 Å². The first-order chi connectivity index (χ1) is 9.84. The Labute approximate surface area is 129 Å². The normalized spacial score (nSPS) is 12.7. The molecule has 1 aromatic heterocycles. The lowest BCUT2D eigenvalue weighted by Crippen LogP contribution is -2.19. The maximum atomic E-state index is 4.34. The van der Waals surface area contributed by atoms with E-state index in [9.17, 15) is 0 Å². The number of nitrogens with one attached hydrogen (secondary N) is 1. The smallest absolute Gasteiger partial charge is 0.109 e. The number of rotatable bonds is 13. The van der Waals surface area contributed by atoms with Gasteiger partial charge < -0.3 is 5.32 Å². The summed E-state index contributed by atoms with van der Waals surface area (Å²) < 4.78 is 0. The van der Waals surface area contributed by atoms with Gasteiger partial charge in [-0.2, -0.15) is 0 Å². The molecule has 0 amide bonds. The third kappa shape index (κ3) is 8.70. The van der Waals surface area contributed by atoms with Gasteiger partial charge in [0, 0.05) is 11.6 Å². The fourth-order valence-electron chi connectivity index (χ4n) is 2.47. The van der Waals surface area contributed by atoms with E-state index in [0.29, 0.717) is 6.04 Å². The number of hydrogen-bond acceptors (Lipinski definition) is 3. The zero-order valence-electron chi connectivity index (χ0n) is 13.4. The highest BCUT2D eigenvalue weighted by Gasteiger charge is 2.05. The Bertz CT molecular complexity index is 298. The Kier molecular flexibility index (Phi) is 10.9. The van der Waals surface area contributed by atoms with E-state index in [4.69, 9.17) is 0 Å². The molecule has 0 fully saturated rings. The molecule has 0 aliphatic heterocycles. The molecule has 1 atom stereocenters. The predicted octanol–water partition coefficient (Wildman–Crippen LogP) is 5.71. The van der Waals surface area contributed by atoms with Crippen LogP contribution in [-0.4, -0.2) is 11.5 Å². The molecule has 2 nitrogen and oxygen atoms in total. The monoisotopic (exact) mass is 296 g/mol. The molecule has 1 unspecified atom stereocenters. The highest BCUT2D eigenvalue weighted by atomic mass is 32.1. The molecule has 0 bridgehead atoms. The molecule has 0 radical (unpaired) electrons. The van der Waals surface area contributed by atoms with Crippen LogP contribution in [0.3, 0.4) is 0 Å². The number of nitrogens with zero attached hydrogens (tertiary/aromatic N) is 1. The van der Waals surface area contributed by atoms with Gasteiger partial charge in [-0.15, -0.1) is 11.3 Å². The Morgan fingerprint density at radius 2 is 1.60 bits per heavy atom. The first kappa shape index (κ1) is 17.6. The summed E-state index contributed by atoms with van der Waals surface area (Å²) in [5, 5.41) is 6.81. The predicted molar refractivity (Wildman–Crippen MR) is 90.4 cm³/mol. The van der Waals surface area contributed by atoms with Gasteiger partial charge in [-0.1, -0.05) is 64.7 Å². The maximum absolute atomic E-state index is 4.34. The van der Waals surface area contributed by atoms with Gasteiger partial charge in [0.05, 0.1) is 6.04 Å². The van der Waals surface area contributed by atoms with Gasteiger partial charge in [0.15, 0.2) is 0 Å². The van der Waals surface area contributed by atoms with E-state index < -0.39 is 0 Å². The van der Waals surface area contributed by atoms with Crippen LogP contribution in [0.2, 0.25) is 0 Å². The summed E-state index contributed by atoms with van der Waals surface area (Å²) in [6, 6.07) is 0.411. The Hall–Kier alpha value is -0.410. The average molecular weight is 297 g/mol. The molecular formula is C17H32N2S. The van der Waals surface area contributed by atoms with Gasteiger partial charge in [0.1, 0.15) is 5.01 Å². The molecule has 1 rings (SSSR count). The van der Waals surface area contributed by atoms with Gasteiger partial charge in [-0.25, -0.2) is 4.98 Å². The van der Waals surface area contributed by atoms with Crippen molar-refractivity contribution >= 4 is 11.3 Å². The lowest BCUT2D eigenvalue weighted by molar-refractivity contribution is 0.517. The standard InChI is InChI=1S/C17H32N2S/c1-3-4-5-6-7-8-9-10-11-12-13-18-16(2)17-19-14-15-20-17/h14-16,18H,3-13H2,1-2H3. The molecule has 0 aliphatic rings. The SMILES string of the molecule is CCCCCCCCCCCCNC(C)c1nccs1. The molecule has 1 N–H and O–H groups in total. The van der Waals surface area contributed by atoms with E-state index in [0.717, 1.165) is 6.54 Å². The van der Waals surface area contributed by atoms with Gasteiger partial charge >= 0.3 is 0 Å². The van der Waals surface area contributed by atoms with Crippen molar-refractivity contribution in [3.8, 4) is 0 Å². The van der Waals surface area contributed by atoms with Crippen LogP contribution in [0.1, 0.15) is 89.1 Å². The molecule has 116 valence electrons. The van der Waals surface area contributed by atoms with Gasteiger partial charge in [-0.05, 0) is 19.9 Å². The summed E-state index contributed by atoms with van der Waals surface area (Å²) in [7, 11) is 0. The van der Waals surface area contributed by atoms with Crippen LogP contribution in [-0.2, 0) is 0 Å². The molecule has 0 aliphatic carbocycles. The fourth-order valence-corrected chi connectivity index (χ4v) is 3.14. The van der Waals surface area contributed by atoms with E-state index in [1.807, 2.05) is 11.6 Å². The van der Waals surface area contributed by atoms with Crippen molar-refractivity contribution < 1.29 is 0 Å². The quantitative estimate of drug-likeness (QED) is 0.471. The molecule has 20 heavy (non-hydrogen) atoms. The summed E-state index contributed by atoms with van der Waals surface area (Å²) >= 11 is 1.74. The lowest BCUT2D eigenvalue weighted by atomic mass is 10.1. The number of unbranched alkanes of at least 4 members (excludes halogenated alkanes) is 9. The second-order valence-electron chi connectivity index (χ2n) is 5.73. The van der Waals surface area contributed by atoms with E-state index >= 15 is 0 Å². The van der Waals surface area contributed by atoms with Crippen molar-refractivity contribution in [1.82, 2.24) is 10.3 Å². The van der Waals surface area contributed by atoms with Gasteiger partial charge in [0.2, 0.25) is 0 Å². The van der Waals surface area contributed by atoms with Crippen LogP contribution in [0.25, 0.3) is 0 Å². The van der Waals surface area contributed by atoms with Crippen LogP contribution in [0, 0.1) is 0 Å². The van der Waals surface area contributed by atoms with Crippen molar-refractivity contribution in [3.05, 3.63) is 16.6 Å². The Morgan fingerprint density at radius 3 is 2.15 bits per heavy atom.